The molecule has 1 unspecified atom stereocenters. The van der Waals surface area contributed by atoms with Crippen LogP contribution in [0, 0.1) is 0 Å². The SMILES string of the molecule is CC/C=C\C/C=C\C/C=C\C/C=C\C/C=C\C/C=C\CCCCC(=O)OCC(COC(=O)CCCCCCCC/C=C\C/C=C\C/C=C\CCCCC)OC(=O)CCCCCCCCCCCCCCCCCCCCCC. The van der Waals surface area contributed by atoms with E-state index in [1.165, 1.54) is 154 Å². The molecule has 0 saturated carbocycles. The molecule has 0 aliphatic heterocycles. The number of carbonyl (C=O) groups is 3. The van der Waals surface area contributed by atoms with Gasteiger partial charge in [-0.2, -0.15) is 0 Å². The van der Waals surface area contributed by atoms with E-state index in [9.17, 15) is 14.4 Å². The van der Waals surface area contributed by atoms with Crippen molar-refractivity contribution in [2.75, 3.05) is 13.2 Å². The van der Waals surface area contributed by atoms with E-state index in [-0.39, 0.29) is 31.1 Å². The van der Waals surface area contributed by atoms with Crippen LogP contribution in [-0.4, -0.2) is 37.2 Å². The quantitative estimate of drug-likeness (QED) is 0.0261. The number of hydrogen-bond acceptors (Lipinski definition) is 6. The van der Waals surface area contributed by atoms with Gasteiger partial charge in [-0.15, -0.1) is 0 Å². The Labute approximate surface area is 482 Å². The van der Waals surface area contributed by atoms with Crippen LogP contribution in [-0.2, 0) is 28.6 Å². The number of ether oxygens (including phenoxy) is 3. The van der Waals surface area contributed by atoms with Crippen molar-refractivity contribution in [3.8, 4) is 0 Å². The lowest BCUT2D eigenvalue weighted by atomic mass is 10.0. The second kappa shape index (κ2) is 65.6. The van der Waals surface area contributed by atoms with Gasteiger partial charge in [0.1, 0.15) is 13.2 Å². The molecule has 0 radical (unpaired) electrons. The minimum atomic E-state index is -0.804. The molecule has 0 N–H and O–H groups in total. The molecular formula is C72H122O6. The summed E-state index contributed by atoms with van der Waals surface area (Å²) in [6.07, 6.45) is 89.5. The monoisotopic (exact) mass is 1080 g/mol. The van der Waals surface area contributed by atoms with Crippen LogP contribution in [0.1, 0.15) is 310 Å². The Hall–Kier alpha value is -3.93. The Morgan fingerprint density at radius 2 is 0.500 bits per heavy atom. The fourth-order valence-electron chi connectivity index (χ4n) is 9.10. The highest BCUT2D eigenvalue weighted by Crippen LogP contribution is 2.17. The van der Waals surface area contributed by atoms with Crippen molar-refractivity contribution < 1.29 is 28.6 Å². The molecule has 6 heteroatoms. The number of carbonyl (C=O) groups excluding carboxylic acids is 3. The summed E-state index contributed by atoms with van der Waals surface area (Å²) in [7, 11) is 0. The molecule has 6 nitrogen and oxygen atoms in total. The summed E-state index contributed by atoms with van der Waals surface area (Å²) in [6.45, 7) is 6.49. The first-order valence-corrected chi connectivity index (χ1v) is 32.9. The van der Waals surface area contributed by atoms with Crippen LogP contribution in [0.3, 0.4) is 0 Å². The van der Waals surface area contributed by atoms with E-state index in [0.29, 0.717) is 19.3 Å². The number of allylic oxidation sites excluding steroid dienone is 18. The summed E-state index contributed by atoms with van der Waals surface area (Å²) in [5.74, 6) is -0.943. The molecule has 0 fully saturated rings. The average Bonchev–Trinajstić information content (AvgIpc) is 3.44. The molecule has 0 aromatic rings. The van der Waals surface area contributed by atoms with Crippen LogP contribution >= 0.6 is 0 Å². The lowest BCUT2D eigenvalue weighted by Gasteiger charge is -2.18. The molecule has 0 heterocycles. The standard InChI is InChI=1S/C72H122O6/c1-4-7-10-13-16-19-22-25-28-31-34-36-39-41-44-47-50-53-56-59-62-65-71(74)77-68-69(67-76-70(73)64-61-58-55-52-49-46-43-40-37-33-30-27-24-21-18-15-12-9-6-3)78-72(75)66-63-60-57-54-51-48-45-42-38-35-32-29-26-23-20-17-14-11-8-5-2/h7,10,16,18-19,21,25,27-28,30,34,36-37,40-41,44,50,53,69H,4-6,8-9,11-15,17,20,22-24,26,29,31-33,35,38-39,42-43,45-49,51-52,54-68H2,1-3H3/b10-7-,19-16-,21-18-,28-25-,30-27-,36-34-,40-37-,44-41-,53-50-. The second-order valence-corrected chi connectivity index (χ2v) is 21.6. The Morgan fingerprint density at radius 1 is 0.269 bits per heavy atom. The van der Waals surface area contributed by atoms with Gasteiger partial charge in [0, 0.05) is 19.3 Å². The van der Waals surface area contributed by atoms with E-state index >= 15 is 0 Å². The van der Waals surface area contributed by atoms with E-state index in [0.717, 1.165) is 116 Å². The first-order chi connectivity index (χ1) is 38.5. The molecule has 0 saturated heterocycles. The maximum absolute atomic E-state index is 12.9. The van der Waals surface area contributed by atoms with Gasteiger partial charge < -0.3 is 14.2 Å². The lowest BCUT2D eigenvalue weighted by molar-refractivity contribution is -0.167. The number of rotatable bonds is 59. The zero-order valence-corrected chi connectivity index (χ0v) is 51.2. The number of hydrogen-bond donors (Lipinski definition) is 0. The van der Waals surface area contributed by atoms with E-state index in [1.807, 2.05) is 0 Å². The molecule has 0 aromatic carbocycles. The van der Waals surface area contributed by atoms with Gasteiger partial charge in [-0.3, -0.25) is 14.4 Å². The summed E-state index contributed by atoms with van der Waals surface area (Å²) < 4.78 is 16.9. The fraction of sp³-hybridized carbons (Fsp3) is 0.708. The fourth-order valence-corrected chi connectivity index (χ4v) is 9.10. The van der Waals surface area contributed by atoms with Crippen LogP contribution in [0.4, 0.5) is 0 Å². The molecule has 0 aliphatic rings. The molecule has 1 atom stereocenters. The summed E-state index contributed by atoms with van der Waals surface area (Å²) in [6, 6.07) is 0. The van der Waals surface area contributed by atoms with Crippen molar-refractivity contribution in [2.45, 2.75) is 316 Å². The topological polar surface area (TPSA) is 78.9 Å². The molecule has 0 bridgehead atoms. The van der Waals surface area contributed by atoms with Gasteiger partial charge in [-0.05, 0) is 109 Å². The zero-order chi connectivity index (χ0) is 56.4. The number of esters is 3. The molecule has 0 amide bonds. The van der Waals surface area contributed by atoms with Crippen molar-refractivity contribution in [3.05, 3.63) is 109 Å². The highest BCUT2D eigenvalue weighted by Gasteiger charge is 2.19. The third kappa shape index (κ3) is 62.9. The highest BCUT2D eigenvalue weighted by molar-refractivity contribution is 5.71. The Morgan fingerprint density at radius 3 is 0.833 bits per heavy atom. The second-order valence-electron chi connectivity index (χ2n) is 21.6. The maximum atomic E-state index is 12.9. The molecular weight excluding hydrogens is 961 g/mol. The lowest BCUT2D eigenvalue weighted by Crippen LogP contribution is -2.30. The van der Waals surface area contributed by atoms with Crippen LogP contribution in [0.5, 0.6) is 0 Å². The largest absolute Gasteiger partial charge is 0.462 e. The van der Waals surface area contributed by atoms with E-state index < -0.39 is 6.10 Å². The predicted octanol–water partition coefficient (Wildman–Crippen LogP) is 22.6. The van der Waals surface area contributed by atoms with Crippen molar-refractivity contribution in [3.63, 3.8) is 0 Å². The Kier molecular flexibility index (Phi) is 62.3. The van der Waals surface area contributed by atoms with Gasteiger partial charge in [0.25, 0.3) is 0 Å². The summed E-state index contributed by atoms with van der Waals surface area (Å²) >= 11 is 0. The van der Waals surface area contributed by atoms with Gasteiger partial charge >= 0.3 is 17.9 Å². The van der Waals surface area contributed by atoms with Crippen molar-refractivity contribution in [2.24, 2.45) is 0 Å². The normalized spacial score (nSPS) is 12.8. The number of unbranched alkanes of at least 4 members (excludes halogenated alkanes) is 30. The summed E-state index contributed by atoms with van der Waals surface area (Å²) in [5, 5.41) is 0. The minimum absolute atomic E-state index is 0.0979. The highest BCUT2D eigenvalue weighted by atomic mass is 16.6. The van der Waals surface area contributed by atoms with Gasteiger partial charge in [0.15, 0.2) is 6.10 Å². The predicted molar refractivity (Wildman–Crippen MR) is 339 cm³/mol. The van der Waals surface area contributed by atoms with Crippen LogP contribution in [0.15, 0.2) is 109 Å². The molecule has 0 spiro atoms. The smallest absolute Gasteiger partial charge is 0.306 e. The average molecular weight is 1080 g/mol. The third-order valence-electron chi connectivity index (χ3n) is 14.0. The van der Waals surface area contributed by atoms with Crippen molar-refractivity contribution >= 4 is 17.9 Å². The van der Waals surface area contributed by atoms with Gasteiger partial charge in [-0.25, -0.2) is 0 Å². The van der Waals surface area contributed by atoms with Crippen LogP contribution in [0.25, 0.3) is 0 Å². The Balaban J connectivity index is 4.48. The minimum Gasteiger partial charge on any atom is -0.462 e. The van der Waals surface area contributed by atoms with Crippen molar-refractivity contribution in [1.82, 2.24) is 0 Å². The van der Waals surface area contributed by atoms with E-state index in [1.54, 1.807) is 0 Å². The van der Waals surface area contributed by atoms with E-state index in [4.69, 9.17) is 14.2 Å². The van der Waals surface area contributed by atoms with E-state index in [2.05, 4.69) is 130 Å². The summed E-state index contributed by atoms with van der Waals surface area (Å²) in [5.41, 5.74) is 0. The maximum Gasteiger partial charge on any atom is 0.306 e. The van der Waals surface area contributed by atoms with Gasteiger partial charge in [0.2, 0.25) is 0 Å². The summed E-state index contributed by atoms with van der Waals surface area (Å²) in [4.78, 5) is 38.4. The van der Waals surface area contributed by atoms with Crippen LogP contribution < -0.4 is 0 Å². The molecule has 78 heavy (non-hydrogen) atoms. The zero-order valence-electron chi connectivity index (χ0n) is 51.2. The first kappa shape index (κ1) is 74.1. The molecule has 0 aromatic heterocycles. The third-order valence-corrected chi connectivity index (χ3v) is 14.0. The van der Waals surface area contributed by atoms with Gasteiger partial charge in [0.05, 0.1) is 0 Å². The first-order valence-electron chi connectivity index (χ1n) is 32.9. The van der Waals surface area contributed by atoms with Crippen molar-refractivity contribution in [1.29, 1.82) is 0 Å². The molecule has 0 rings (SSSR count). The van der Waals surface area contributed by atoms with Crippen LogP contribution in [0.2, 0.25) is 0 Å². The van der Waals surface area contributed by atoms with Gasteiger partial charge in [-0.1, -0.05) is 291 Å². The molecule has 0 aliphatic carbocycles. The molecule has 446 valence electrons. The Bertz CT molecular complexity index is 1570.